The van der Waals surface area contributed by atoms with E-state index in [1.54, 1.807) is 30.2 Å². The molecule has 0 atom stereocenters. The summed E-state index contributed by atoms with van der Waals surface area (Å²) in [6.45, 7) is 2.14. The van der Waals surface area contributed by atoms with Crippen LogP contribution in [0, 0.1) is 0 Å². The normalized spacial score (nSPS) is 15.8. The monoisotopic (exact) mass is 514 g/mol. The lowest BCUT2D eigenvalue weighted by Crippen LogP contribution is -2.44. The fraction of sp³-hybridized carbons (Fsp3) is 0.562. The Morgan fingerprint density at radius 1 is 1.23 bits per heavy atom. The molecular formula is C16H27IN4O3S2. The fourth-order valence-electron chi connectivity index (χ4n) is 2.40. The van der Waals surface area contributed by atoms with Crippen LogP contribution in [0.4, 0.5) is 0 Å². The minimum absolute atomic E-state index is 0. The summed E-state index contributed by atoms with van der Waals surface area (Å²) in [6.07, 6.45) is 0. The van der Waals surface area contributed by atoms with Crippen LogP contribution in [-0.2, 0) is 16.6 Å². The molecule has 1 aliphatic heterocycles. The van der Waals surface area contributed by atoms with Gasteiger partial charge in [-0.15, -0.1) is 24.0 Å². The Morgan fingerprint density at radius 2 is 1.88 bits per heavy atom. The van der Waals surface area contributed by atoms with Crippen LogP contribution < -0.4 is 15.4 Å². The third-order valence-corrected chi connectivity index (χ3v) is 6.67. The van der Waals surface area contributed by atoms with E-state index in [1.165, 1.54) is 0 Å². The van der Waals surface area contributed by atoms with Crippen LogP contribution in [0.15, 0.2) is 29.3 Å². The highest BCUT2D eigenvalue weighted by Crippen LogP contribution is 2.13. The molecule has 1 aromatic carbocycles. The SMILES string of the molecule is CN=C(NCCS(=O)(=O)N1CCSCC1)NCc1ccc(OC)cc1.I. The van der Waals surface area contributed by atoms with Gasteiger partial charge in [0, 0.05) is 44.7 Å². The summed E-state index contributed by atoms with van der Waals surface area (Å²) >= 11 is 1.80. The lowest BCUT2D eigenvalue weighted by Gasteiger charge is -2.25. The summed E-state index contributed by atoms with van der Waals surface area (Å²) in [5.74, 6) is 3.21. The molecule has 0 spiro atoms. The zero-order valence-corrected chi connectivity index (χ0v) is 19.1. The average molecular weight is 514 g/mol. The van der Waals surface area contributed by atoms with Gasteiger partial charge in [0.05, 0.1) is 12.9 Å². The van der Waals surface area contributed by atoms with E-state index in [1.807, 2.05) is 24.3 Å². The lowest BCUT2D eigenvalue weighted by atomic mass is 10.2. The zero-order chi connectivity index (χ0) is 18.1. The second-order valence-electron chi connectivity index (χ2n) is 5.53. The summed E-state index contributed by atoms with van der Waals surface area (Å²) in [5, 5.41) is 6.24. The first kappa shape index (κ1) is 23.3. The first-order valence-corrected chi connectivity index (χ1v) is 10.9. The highest BCUT2D eigenvalue weighted by atomic mass is 127. The van der Waals surface area contributed by atoms with Gasteiger partial charge in [-0.3, -0.25) is 4.99 Å². The van der Waals surface area contributed by atoms with E-state index < -0.39 is 10.0 Å². The van der Waals surface area contributed by atoms with Crippen molar-refractivity contribution in [1.82, 2.24) is 14.9 Å². The molecule has 0 bridgehead atoms. The number of nitrogens with zero attached hydrogens (tertiary/aromatic N) is 2. The van der Waals surface area contributed by atoms with Gasteiger partial charge in [0.25, 0.3) is 0 Å². The quantitative estimate of drug-likeness (QED) is 0.325. The largest absolute Gasteiger partial charge is 0.497 e. The molecular weight excluding hydrogens is 487 g/mol. The van der Waals surface area contributed by atoms with E-state index in [0.29, 0.717) is 32.1 Å². The lowest BCUT2D eigenvalue weighted by molar-refractivity contribution is 0.414. The number of thioether (sulfide) groups is 1. The molecule has 0 aliphatic carbocycles. The van der Waals surface area contributed by atoms with Gasteiger partial charge in [-0.25, -0.2) is 12.7 Å². The number of sulfonamides is 1. The van der Waals surface area contributed by atoms with Crippen LogP contribution in [0.1, 0.15) is 5.56 Å². The van der Waals surface area contributed by atoms with Crippen LogP contribution in [0.5, 0.6) is 5.75 Å². The highest BCUT2D eigenvalue weighted by Gasteiger charge is 2.23. The number of aliphatic imine (C=N–C) groups is 1. The molecule has 2 rings (SSSR count). The maximum atomic E-state index is 12.3. The third-order valence-electron chi connectivity index (χ3n) is 3.86. The Labute approximate surface area is 177 Å². The van der Waals surface area contributed by atoms with Crippen LogP contribution in [0.25, 0.3) is 0 Å². The molecule has 2 N–H and O–H groups in total. The van der Waals surface area contributed by atoms with Gasteiger partial charge in [-0.2, -0.15) is 11.8 Å². The first-order valence-electron chi connectivity index (χ1n) is 8.18. The molecule has 1 heterocycles. The predicted molar refractivity (Wildman–Crippen MR) is 119 cm³/mol. The van der Waals surface area contributed by atoms with Gasteiger partial charge >= 0.3 is 0 Å². The Morgan fingerprint density at radius 3 is 2.46 bits per heavy atom. The van der Waals surface area contributed by atoms with Gasteiger partial charge in [-0.1, -0.05) is 12.1 Å². The highest BCUT2D eigenvalue weighted by molar-refractivity contribution is 14.0. The van der Waals surface area contributed by atoms with Crippen LogP contribution in [0.2, 0.25) is 0 Å². The summed E-state index contributed by atoms with van der Waals surface area (Å²) in [5.41, 5.74) is 1.09. The van der Waals surface area contributed by atoms with Crippen molar-refractivity contribution in [2.45, 2.75) is 6.54 Å². The molecule has 148 valence electrons. The van der Waals surface area contributed by atoms with E-state index >= 15 is 0 Å². The molecule has 1 fully saturated rings. The maximum Gasteiger partial charge on any atom is 0.215 e. The average Bonchev–Trinajstić information content (AvgIpc) is 2.65. The first-order chi connectivity index (χ1) is 12.0. The smallest absolute Gasteiger partial charge is 0.215 e. The standard InChI is InChI=1S/C16H26N4O3S2.HI/c1-17-16(19-13-14-3-5-15(23-2)6-4-14)18-7-12-25(21,22)20-8-10-24-11-9-20;/h3-6H,7-13H2,1-2H3,(H2,17,18,19);1H. The second kappa shape index (κ2) is 11.9. The minimum Gasteiger partial charge on any atom is -0.497 e. The van der Waals surface area contributed by atoms with E-state index in [0.717, 1.165) is 22.8 Å². The van der Waals surface area contributed by atoms with E-state index in [9.17, 15) is 8.42 Å². The molecule has 1 aliphatic rings. The van der Waals surface area contributed by atoms with E-state index in [2.05, 4.69) is 15.6 Å². The Bertz CT molecular complexity index is 663. The zero-order valence-electron chi connectivity index (χ0n) is 15.1. The molecule has 0 unspecified atom stereocenters. The van der Waals surface area contributed by atoms with Crippen molar-refractivity contribution < 1.29 is 13.2 Å². The summed E-state index contributed by atoms with van der Waals surface area (Å²) in [6, 6.07) is 7.74. The number of methoxy groups -OCH3 is 1. The topological polar surface area (TPSA) is 83.0 Å². The number of ether oxygens (including phenoxy) is 1. The van der Waals surface area contributed by atoms with Crippen molar-refractivity contribution in [1.29, 1.82) is 0 Å². The van der Waals surface area contributed by atoms with E-state index in [4.69, 9.17) is 4.74 Å². The molecule has 1 saturated heterocycles. The Hall–Kier alpha value is -0.720. The minimum atomic E-state index is -3.20. The van der Waals surface area contributed by atoms with Gasteiger partial charge in [-0.05, 0) is 17.7 Å². The van der Waals surface area contributed by atoms with Crippen LogP contribution in [-0.4, -0.2) is 69.7 Å². The number of guanidine groups is 1. The van der Waals surface area contributed by atoms with Crippen molar-refractivity contribution in [3.63, 3.8) is 0 Å². The van der Waals surface area contributed by atoms with Crippen LogP contribution in [0.3, 0.4) is 0 Å². The number of hydrogen-bond donors (Lipinski definition) is 2. The third kappa shape index (κ3) is 7.49. The molecule has 10 heteroatoms. The van der Waals surface area contributed by atoms with Gasteiger partial charge in [0.15, 0.2) is 5.96 Å². The van der Waals surface area contributed by atoms with Gasteiger partial charge < -0.3 is 15.4 Å². The Balaban J connectivity index is 0.00000338. The van der Waals surface area contributed by atoms with Gasteiger partial charge in [0.1, 0.15) is 5.75 Å². The molecule has 0 radical (unpaired) electrons. The second-order valence-corrected chi connectivity index (χ2v) is 8.84. The van der Waals surface area contributed by atoms with Gasteiger partial charge in [0.2, 0.25) is 10.0 Å². The number of rotatable bonds is 7. The van der Waals surface area contributed by atoms with Crippen molar-refractivity contribution in [3.05, 3.63) is 29.8 Å². The fourth-order valence-corrected chi connectivity index (χ4v) is 4.89. The van der Waals surface area contributed by atoms with Crippen molar-refractivity contribution in [3.8, 4) is 5.75 Å². The summed E-state index contributed by atoms with van der Waals surface area (Å²) in [4.78, 5) is 4.13. The molecule has 0 aromatic heterocycles. The molecule has 1 aromatic rings. The number of nitrogens with one attached hydrogen (secondary N) is 2. The number of hydrogen-bond acceptors (Lipinski definition) is 5. The predicted octanol–water partition coefficient (Wildman–Crippen LogP) is 1.36. The Kier molecular flexibility index (Phi) is 10.7. The summed E-state index contributed by atoms with van der Waals surface area (Å²) in [7, 11) is 0.0999. The van der Waals surface area contributed by atoms with Crippen molar-refractivity contribution in [2.75, 3.05) is 51.1 Å². The summed E-state index contributed by atoms with van der Waals surface area (Å²) < 4.78 is 31.3. The number of benzene rings is 1. The molecule has 0 saturated carbocycles. The van der Waals surface area contributed by atoms with E-state index in [-0.39, 0.29) is 29.7 Å². The van der Waals surface area contributed by atoms with Crippen LogP contribution >= 0.6 is 35.7 Å². The molecule has 7 nitrogen and oxygen atoms in total. The number of halogens is 1. The molecule has 26 heavy (non-hydrogen) atoms. The maximum absolute atomic E-state index is 12.3. The van der Waals surface area contributed by atoms with Crippen molar-refractivity contribution >= 4 is 51.7 Å². The molecule has 0 amide bonds. The van der Waals surface area contributed by atoms with Crippen molar-refractivity contribution in [2.24, 2.45) is 4.99 Å².